The van der Waals surface area contributed by atoms with Crippen LogP contribution in [0.3, 0.4) is 0 Å². The van der Waals surface area contributed by atoms with Crippen molar-refractivity contribution in [2.75, 3.05) is 26.8 Å². The number of esters is 2. The van der Waals surface area contributed by atoms with Crippen molar-refractivity contribution >= 4 is 28.7 Å². The highest BCUT2D eigenvalue weighted by Gasteiger charge is 2.28. The number of aryl methyl sites for hydroxylation is 1. The van der Waals surface area contributed by atoms with Crippen molar-refractivity contribution < 1.29 is 23.9 Å². The van der Waals surface area contributed by atoms with Gasteiger partial charge < -0.3 is 14.4 Å². The van der Waals surface area contributed by atoms with E-state index in [-0.39, 0.29) is 24.4 Å². The molecule has 1 aliphatic rings. The summed E-state index contributed by atoms with van der Waals surface area (Å²) in [7, 11) is 1.36. The summed E-state index contributed by atoms with van der Waals surface area (Å²) in [6, 6.07) is 8.97. The number of carbonyl (C=O) groups excluding carboxylic acids is 3. The van der Waals surface area contributed by atoms with Crippen molar-refractivity contribution in [3.8, 4) is 0 Å². The molecule has 2 heterocycles. The fourth-order valence-corrected chi connectivity index (χ4v) is 3.30. The molecule has 27 heavy (non-hydrogen) atoms. The van der Waals surface area contributed by atoms with Gasteiger partial charge in [0.25, 0.3) is 5.91 Å². The van der Waals surface area contributed by atoms with Crippen LogP contribution in [0.15, 0.2) is 30.3 Å². The van der Waals surface area contributed by atoms with E-state index in [0.717, 1.165) is 0 Å². The number of piperidine rings is 1. The number of hydrogen-bond acceptors (Lipinski definition) is 6. The molecule has 0 unspecified atom stereocenters. The number of ether oxygens (including phenoxy) is 2. The highest BCUT2D eigenvalue weighted by molar-refractivity contribution is 6.04. The van der Waals surface area contributed by atoms with Crippen molar-refractivity contribution in [3.05, 3.63) is 41.6 Å². The van der Waals surface area contributed by atoms with E-state index >= 15 is 0 Å². The fraction of sp³-hybridized carbons (Fsp3) is 0.400. The average molecular weight is 370 g/mol. The molecule has 3 rings (SSSR count). The molecule has 1 aromatic heterocycles. The summed E-state index contributed by atoms with van der Waals surface area (Å²) in [5.74, 6) is -1.22. The quantitative estimate of drug-likeness (QED) is 0.766. The van der Waals surface area contributed by atoms with Crippen molar-refractivity contribution in [1.82, 2.24) is 9.88 Å². The van der Waals surface area contributed by atoms with Crippen LogP contribution >= 0.6 is 0 Å². The standard InChI is InChI=1S/C20H22N2O5/c1-13-11-16(15-5-3-4-6-17(15)21-13)20(25)27-12-18(23)22-9-7-14(8-10-22)19(24)26-2/h3-6,11,14H,7-10,12H2,1-2H3. The Hall–Kier alpha value is -2.96. The van der Waals surface area contributed by atoms with Gasteiger partial charge in [-0.05, 0) is 31.9 Å². The van der Waals surface area contributed by atoms with Crippen molar-refractivity contribution in [2.24, 2.45) is 5.92 Å². The molecular formula is C20H22N2O5. The average Bonchev–Trinajstić information content (AvgIpc) is 2.70. The number of pyridine rings is 1. The Kier molecular flexibility index (Phi) is 5.69. The van der Waals surface area contributed by atoms with E-state index in [9.17, 15) is 14.4 Å². The number of fused-ring (bicyclic) bond motifs is 1. The van der Waals surface area contributed by atoms with Crippen LogP contribution in [0.1, 0.15) is 28.9 Å². The lowest BCUT2D eigenvalue weighted by molar-refractivity contribution is -0.149. The molecule has 0 N–H and O–H groups in total. The van der Waals surface area contributed by atoms with Gasteiger partial charge in [-0.1, -0.05) is 18.2 Å². The molecule has 0 radical (unpaired) electrons. The summed E-state index contributed by atoms with van der Waals surface area (Å²) in [5, 5.41) is 0.694. The van der Waals surface area contributed by atoms with Gasteiger partial charge in [-0.2, -0.15) is 0 Å². The third kappa shape index (κ3) is 4.24. The first-order valence-corrected chi connectivity index (χ1v) is 8.88. The van der Waals surface area contributed by atoms with Crippen LogP contribution in [0, 0.1) is 12.8 Å². The van der Waals surface area contributed by atoms with Crippen molar-refractivity contribution in [1.29, 1.82) is 0 Å². The van der Waals surface area contributed by atoms with Gasteiger partial charge >= 0.3 is 11.9 Å². The number of likely N-dealkylation sites (tertiary alicyclic amines) is 1. The van der Waals surface area contributed by atoms with Crippen LogP contribution < -0.4 is 0 Å². The highest BCUT2D eigenvalue weighted by Crippen LogP contribution is 2.20. The zero-order valence-electron chi connectivity index (χ0n) is 15.4. The monoisotopic (exact) mass is 370 g/mol. The topological polar surface area (TPSA) is 85.8 Å². The molecule has 1 aromatic carbocycles. The third-order valence-electron chi connectivity index (χ3n) is 4.77. The summed E-state index contributed by atoms with van der Waals surface area (Å²) in [6.07, 6.45) is 1.11. The Bertz CT molecular complexity index is 872. The molecular weight excluding hydrogens is 348 g/mol. The maximum Gasteiger partial charge on any atom is 0.339 e. The third-order valence-corrected chi connectivity index (χ3v) is 4.77. The second-order valence-corrected chi connectivity index (χ2v) is 6.58. The smallest absolute Gasteiger partial charge is 0.339 e. The Morgan fingerprint density at radius 1 is 1.19 bits per heavy atom. The minimum absolute atomic E-state index is 0.173. The van der Waals surface area contributed by atoms with Gasteiger partial charge in [0.15, 0.2) is 6.61 Å². The number of rotatable bonds is 4. The number of carbonyl (C=O) groups is 3. The molecule has 0 bridgehead atoms. The lowest BCUT2D eigenvalue weighted by Crippen LogP contribution is -2.42. The molecule has 0 aliphatic carbocycles. The molecule has 1 aliphatic heterocycles. The number of aromatic nitrogens is 1. The van der Waals surface area contributed by atoms with Gasteiger partial charge in [0, 0.05) is 24.2 Å². The predicted molar refractivity (Wildman–Crippen MR) is 98.1 cm³/mol. The first-order valence-electron chi connectivity index (χ1n) is 8.88. The molecule has 0 atom stereocenters. The Morgan fingerprint density at radius 3 is 2.59 bits per heavy atom. The molecule has 142 valence electrons. The number of para-hydroxylation sites is 1. The van der Waals surface area contributed by atoms with E-state index in [2.05, 4.69) is 4.98 Å². The van der Waals surface area contributed by atoms with Gasteiger partial charge in [-0.25, -0.2) is 4.79 Å². The van der Waals surface area contributed by atoms with E-state index in [1.54, 1.807) is 24.0 Å². The number of benzene rings is 1. The summed E-state index contributed by atoms with van der Waals surface area (Å²) in [6.45, 7) is 2.39. The van der Waals surface area contributed by atoms with Crippen molar-refractivity contribution in [3.63, 3.8) is 0 Å². The second kappa shape index (κ2) is 8.16. The second-order valence-electron chi connectivity index (χ2n) is 6.58. The first kappa shape index (κ1) is 18.8. The lowest BCUT2D eigenvalue weighted by atomic mass is 9.97. The normalized spacial score (nSPS) is 14.8. The maximum atomic E-state index is 12.5. The van der Waals surface area contributed by atoms with Crippen LogP contribution in [0.25, 0.3) is 10.9 Å². The van der Waals surface area contributed by atoms with Gasteiger partial charge in [0.05, 0.1) is 24.1 Å². The summed E-state index contributed by atoms with van der Waals surface area (Å²) in [4.78, 5) is 42.4. The van der Waals surface area contributed by atoms with Gasteiger partial charge in [0.2, 0.25) is 0 Å². The zero-order valence-corrected chi connectivity index (χ0v) is 15.4. The van der Waals surface area contributed by atoms with Crippen LogP contribution in [-0.2, 0) is 19.1 Å². The summed E-state index contributed by atoms with van der Waals surface area (Å²) >= 11 is 0. The molecule has 0 saturated carbocycles. The van der Waals surface area contributed by atoms with Crippen LogP contribution in [0.5, 0.6) is 0 Å². The van der Waals surface area contributed by atoms with E-state index in [0.29, 0.717) is 48.1 Å². The molecule has 0 spiro atoms. The number of nitrogens with zero attached hydrogens (tertiary/aromatic N) is 2. The predicted octanol–water partition coefficient (Wildman–Crippen LogP) is 2.11. The van der Waals surface area contributed by atoms with E-state index < -0.39 is 5.97 Å². The van der Waals surface area contributed by atoms with E-state index in [1.807, 2.05) is 18.2 Å². The van der Waals surface area contributed by atoms with Gasteiger partial charge in [-0.15, -0.1) is 0 Å². The number of hydrogen-bond donors (Lipinski definition) is 0. The van der Waals surface area contributed by atoms with E-state index in [4.69, 9.17) is 9.47 Å². The number of methoxy groups -OCH3 is 1. The summed E-state index contributed by atoms with van der Waals surface area (Å²) in [5.41, 5.74) is 1.81. The summed E-state index contributed by atoms with van der Waals surface area (Å²) < 4.78 is 9.99. The van der Waals surface area contributed by atoms with Crippen LogP contribution in [0.4, 0.5) is 0 Å². The SMILES string of the molecule is COC(=O)C1CCN(C(=O)COC(=O)c2cc(C)nc3ccccc23)CC1. The van der Waals surface area contributed by atoms with Crippen LogP contribution in [0.2, 0.25) is 0 Å². The lowest BCUT2D eigenvalue weighted by Gasteiger charge is -2.30. The maximum absolute atomic E-state index is 12.5. The van der Waals surface area contributed by atoms with E-state index in [1.165, 1.54) is 7.11 Å². The van der Waals surface area contributed by atoms with Crippen molar-refractivity contribution in [2.45, 2.75) is 19.8 Å². The highest BCUT2D eigenvalue weighted by atomic mass is 16.5. The largest absolute Gasteiger partial charge is 0.469 e. The van der Waals surface area contributed by atoms with Gasteiger partial charge in [0.1, 0.15) is 0 Å². The van der Waals surface area contributed by atoms with Crippen LogP contribution in [-0.4, -0.2) is 54.5 Å². The van der Waals surface area contributed by atoms with Gasteiger partial charge in [-0.3, -0.25) is 14.6 Å². The molecule has 1 fully saturated rings. The molecule has 1 saturated heterocycles. The molecule has 7 heteroatoms. The fourth-order valence-electron chi connectivity index (χ4n) is 3.30. The Labute approximate surface area is 157 Å². The minimum atomic E-state index is -0.547. The first-order chi connectivity index (χ1) is 13.0. The Balaban J connectivity index is 1.60. The Morgan fingerprint density at radius 2 is 1.89 bits per heavy atom. The molecule has 7 nitrogen and oxygen atoms in total. The molecule has 1 amide bonds. The molecule has 2 aromatic rings. The number of amides is 1. The minimum Gasteiger partial charge on any atom is -0.469 e. The zero-order chi connectivity index (χ0) is 19.4.